The fourth-order valence-corrected chi connectivity index (χ4v) is 0.727. The number of aliphatic imine (C=N–C) groups is 1. The minimum absolute atomic E-state index is 0.0365. The SMILES string of the molecule is CC(C)N=CCC(=O)NC(C)C. The molecule has 0 heterocycles. The first-order valence-electron chi connectivity index (χ1n) is 4.33. The van der Waals surface area contributed by atoms with Gasteiger partial charge in [-0.25, -0.2) is 0 Å². The van der Waals surface area contributed by atoms with Crippen molar-refractivity contribution >= 4 is 12.1 Å². The van der Waals surface area contributed by atoms with E-state index in [1.807, 2.05) is 27.7 Å². The van der Waals surface area contributed by atoms with Gasteiger partial charge in [-0.3, -0.25) is 9.79 Å². The fourth-order valence-electron chi connectivity index (χ4n) is 0.727. The molecule has 0 atom stereocenters. The van der Waals surface area contributed by atoms with Gasteiger partial charge in [0.25, 0.3) is 0 Å². The maximum Gasteiger partial charge on any atom is 0.225 e. The van der Waals surface area contributed by atoms with E-state index in [1.165, 1.54) is 0 Å². The lowest BCUT2D eigenvalue weighted by Crippen LogP contribution is -2.30. The summed E-state index contributed by atoms with van der Waals surface area (Å²) in [6, 6.07) is 0.488. The Bertz CT molecular complexity index is 162. The van der Waals surface area contributed by atoms with Crippen LogP contribution in [0.2, 0.25) is 0 Å². The van der Waals surface area contributed by atoms with Crippen molar-refractivity contribution in [3.63, 3.8) is 0 Å². The quantitative estimate of drug-likeness (QED) is 0.636. The molecule has 0 saturated carbocycles. The fraction of sp³-hybridized carbons (Fsp3) is 0.778. The van der Waals surface area contributed by atoms with Crippen LogP contribution in [-0.4, -0.2) is 24.2 Å². The summed E-state index contributed by atoms with van der Waals surface area (Å²) in [6.07, 6.45) is 2.05. The van der Waals surface area contributed by atoms with Gasteiger partial charge in [-0.1, -0.05) is 0 Å². The largest absolute Gasteiger partial charge is 0.354 e. The first-order chi connectivity index (χ1) is 5.52. The zero-order valence-electron chi connectivity index (χ0n) is 8.29. The highest BCUT2D eigenvalue weighted by atomic mass is 16.1. The molecule has 0 radical (unpaired) electrons. The number of amides is 1. The minimum atomic E-state index is 0.0365. The molecule has 70 valence electrons. The number of carbonyl (C=O) groups is 1. The van der Waals surface area contributed by atoms with Gasteiger partial charge in [0.05, 0.1) is 6.42 Å². The molecule has 0 aliphatic heterocycles. The predicted molar refractivity (Wildman–Crippen MR) is 51.5 cm³/mol. The number of nitrogens with zero attached hydrogens (tertiary/aromatic N) is 1. The zero-order chi connectivity index (χ0) is 9.56. The van der Waals surface area contributed by atoms with E-state index in [-0.39, 0.29) is 18.0 Å². The highest BCUT2D eigenvalue weighted by molar-refractivity contribution is 5.89. The van der Waals surface area contributed by atoms with Crippen molar-refractivity contribution in [1.29, 1.82) is 0 Å². The molecule has 3 nitrogen and oxygen atoms in total. The molecule has 1 amide bonds. The Hall–Kier alpha value is -0.860. The minimum Gasteiger partial charge on any atom is -0.354 e. The monoisotopic (exact) mass is 170 g/mol. The van der Waals surface area contributed by atoms with Gasteiger partial charge < -0.3 is 5.32 Å². The summed E-state index contributed by atoms with van der Waals surface area (Å²) in [6.45, 7) is 7.85. The number of nitrogens with one attached hydrogen (secondary N) is 1. The molecule has 0 saturated heterocycles. The van der Waals surface area contributed by atoms with E-state index < -0.39 is 0 Å². The lowest BCUT2D eigenvalue weighted by atomic mass is 10.3. The van der Waals surface area contributed by atoms with Crippen molar-refractivity contribution in [2.45, 2.75) is 46.2 Å². The molecule has 0 aliphatic carbocycles. The van der Waals surface area contributed by atoms with Crippen LogP contribution in [0.4, 0.5) is 0 Å². The van der Waals surface area contributed by atoms with E-state index >= 15 is 0 Å². The molecule has 0 unspecified atom stereocenters. The van der Waals surface area contributed by atoms with Gasteiger partial charge >= 0.3 is 0 Å². The maximum atomic E-state index is 11.0. The third-order valence-electron chi connectivity index (χ3n) is 1.13. The van der Waals surface area contributed by atoms with Crippen LogP contribution in [0.15, 0.2) is 4.99 Å². The molecule has 1 N–H and O–H groups in total. The summed E-state index contributed by atoms with van der Waals surface area (Å²) in [5.41, 5.74) is 0. The average molecular weight is 170 g/mol. The van der Waals surface area contributed by atoms with E-state index in [4.69, 9.17) is 0 Å². The second-order valence-electron chi connectivity index (χ2n) is 3.35. The van der Waals surface area contributed by atoms with E-state index in [9.17, 15) is 4.79 Å². The molecule has 0 bridgehead atoms. The van der Waals surface area contributed by atoms with Gasteiger partial charge in [0.2, 0.25) is 5.91 Å². The van der Waals surface area contributed by atoms with Gasteiger partial charge in [0, 0.05) is 18.3 Å². The predicted octanol–water partition coefficient (Wildman–Crippen LogP) is 1.38. The summed E-state index contributed by atoms with van der Waals surface area (Å²) in [4.78, 5) is 15.1. The molecule has 0 aromatic heterocycles. The lowest BCUT2D eigenvalue weighted by Gasteiger charge is -2.05. The normalized spacial score (nSPS) is 11.5. The van der Waals surface area contributed by atoms with E-state index in [0.717, 1.165) is 0 Å². The Labute approximate surface area is 74.3 Å². The van der Waals surface area contributed by atoms with E-state index in [2.05, 4.69) is 10.3 Å². The molecule has 0 spiro atoms. The van der Waals surface area contributed by atoms with Crippen LogP contribution < -0.4 is 5.32 Å². The Morgan fingerprint density at radius 3 is 2.42 bits per heavy atom. The van der Waals surface area contributed by atoms with Crippen molar-refractivity contribution in [3.8, 4) is 0 Å². The second-order valence-corrected chi connectivity index (χ2v) is 3.35. The van der Waals surface area contributed by atoms with Crippen LogP contribution in [0, 0.1) is 0 Å². The second kappa shape index (κ2) is 5.75. The molecule has 0 rings (SSSR count). The summed E-state index contributed by atoms with van der Waals surface area (Å²) in [5.74, 6) is 0.0365. The van der Waals surface area contributed by atoms with Crippen LogP contribution in [0.25, 0.3) is 0 Å². The summed E-state index contributed by atoms with van der Waals surface area (Å²) in [7, 11) is 0. The van der Waals surface area contributed by atoms with Crippen LogP contribution >= 0.6 is 0 Å². The molecule has 3 heteroatoms. The van der Waals surface area contributed by atoms with Crippen molar-refractivity contribution in [2.24, 2.45) is 4.99 Å². The first kappa shape index (κ1) is 11.1. The smallest absolute Gasteiger partial charge is 0.225 e. The number of rotatable bonds is 4. The molecule has 0 aliphatic rings. The van der Waals surface area contributed by atoms with Crippen LogP contribution in [-0.2, 0) is 4.79 Å². The summed E-state index contributed by atoms with van der Waals surface area (Å²) in [5, 5.41) is 2.79. The Morgan fingerprint density at radius 1 is 1.42 bits per heavy atom. The number of carbonyl (C=O) groups excluding carboxylic acids is 1. The topological polar surface area (TPSA) is 41.5 Å². The molecule has 0 aromatic rings. The highest BCUT2D eigenvalue weighted by Gasteiger charge is 1.99. The van der Waals surface area contributed by atoms with Crippen molar-refractivity contribution in [1.82, 2.24) is 5.32 Å². The lowest BCUT2D eigenvalue weighted by molar-refractivity contribution is -0.120. The molecular formula is C9H18N2O. The first-order valence-corrected chi connectivity index (χ1v) is 4.33. The maximum absolute atomic E-state index is 11.0. The van der Waals surface area contributed by atoms with E-state index in [1.54, 1.807) is 6.21 Å². The van der Waals surface area contributed by atoms with Crippen LogP contribution in [0.1, 0.15) is 34.1 Å². The molecule has 0 fully saturated rings. The van der Waals surface area contributed by atoms with Crippen LogP contribution in [0.5, 0.6) is 0 Å². The Morgan fingerprint density at radius 2 is 2.00 bits per heavy atom. The van der Waals surface area contributed by atoms with Gasteiger partial charge in [-0.15, -0.1) is 0 Å². The van der Waals surface area contributed by atoms with Gasteiger partial charge in [0.15, 0.2) is 0 Å². The standard InChI is InChI=1S/C9H18N2O/c1-7(2)10-6-5-9(12)11-8(3)4/h6-8H,5H2,1-4H3,(H,11,12). The third kappa shape index (κ3) is 7.25. The molecule has 12 heavy (non-hydrogen) atoms. The highest BCUT2D eigenvalue weighted by Crippen LogP contribution is 1.86. The Kier molecular flexibility index (Phi) is 5.34. The van der Waals surface area contributed by atoms with Crippen LogP contribution in [0.3, 0.4) is 0 Å². The Balaban J connectivity index is 3.57. The van der Waals surface area contributed by atoms with Crippen molar-refractivity contribution < 1.29 is 4.79 Å². The van der Waals surface area contributed by atoms with Crippen molar-refractivity contribution in [3.05, 3.63) is 0 Å². The van der Waals surface area contributed by atoms with Gasteiger partial charge in [-0.05, 0) is 27.7 Å². The molecule has 0 aromatic carbocycles. The summed E-state index contributed by atoms with van der Waals surface area (Å²) < 4.78 is 0. The van der Waals surface area contributed by atoms with Gasteiger partial charge in [-0.2, -0.15) is 0 Å². The van der Waals surface area contributed by atoms with Gasteiger partial charge in [0.1, 0.15) is 0 Å². The third-order valence-corrected chi connectivity index (χ3v) is 1.13. The van der Waals surface area contributed by atoms with Crippen molar-refractivity contribution in [2.75, 3.05) is 0 Å². The number of hydrogen-bond donors (Lipinski definition) is 1. The average Bonchev–Trinajstić information content (AvgIpc) is 1.84. The molecular weight excluding hydrogens is 152 g/mol. The van der Waals surface area contributed by atoms with E-state index in [0.29, 0.717) is 6.42 Å². The summed E-state index contributed by atoms with van der Waals surface area (Å²) >= 11 is 0. The number of hydrogen-bond acceptors (Lipinski definition) is 2. The zero-order valence-corrected chi connectivity index (χ0v) is 8.29.